The molecular weight excluding hydrogens is 516 g/mol. The predicted octanol–water partition coefficient (Wildman–Crippen LogP) is 3.12. The van der Waals surface area contributed by atoms with Crippen LogP contribution in [0.5, 0.6) is 5.75 Å². The van der Waals surface area contributed by atoms with E-state index in [2.05, 4.69) is 16.8 Å². The zero-order chi connectivity index (χ0) is 27.6. The number of piperazine rings is 1. The third-order valence-corrected chi connectivity index (χ3v) is 8.83. The fraction of sp³-hybridized carbons (Fsp3) is 0.393. The highest BCUT2D eigenvalue weighted by Crippen LogP contribution is 2.32. The number of sulfonamides is 1. The van der Waals surface area contributed by atoms with Crippen molar-refractivity contribution in [2.24, 2.45) is 0 Å². The van der Waals surface area contributed by atoms with Crippen molar-refractivity contribution in [3.05, 3.63) is 70.1 Å². The number of aromatic amines is 1. The lowest BCUT2D eigenvalue weighted by atomic mass is 10.1. The summed E-state index contributed by atoms with van der Waals surface area (Å²) in [6.45, 7) is 6.89. The summed E-state index contributed by atoms with van der Waals surface area (Å²) in [4.78, 5) is 23.5. The zero-order valence-corrected chi connectivity index (χ0v) is 23.4. The number of aromatic nitrogens is 4. The summed E-state index contributed by atoms with van der Waals surface area (Å²) in [7, 11) is -1.75. The first-order valence-electron chi connectivity index (χ1n) is 13.3. The molecule has 0 atom stereocenters. The van der Waals surface area contributed by atoms with Gasteiger partial charge in [-0.15, -0.1) is 0 Å². The van der Waals surface area contributed by atoms with Crippen LogP contribution in [-0.2, 0) is 23.0 Å². The van der Waals surface area contributed by atoms with Gasteiger partial charge in [0, 0.05) is 26.2 Å². The van der Waals surface area contributed by atoms with Crippen molar-refractivity contribution < 1.29 is 13.2 Å². The zero-order valence-electron chi connectivity index (χ0n) is 22.6. The van der Waals surface area contributed by atoms with Crippen LogP contribution < -0.4 is 10.3 Å². The quantitative estimate of drug-likeness (QED) is 0.341. The van der Waals surface area contributed by atoms with Gasteiger partial charge in [-0.05, 0) is 44.2 Å². The summed E-state index contributed by atoms with van der Waals surface area (Å²) >= 11 is 0. The van der Waals surface area contributed by atoms with Crippen molar-refractivity contribution in [2.45, 2.75) is 38.1 Å². The molecule has 0 unspecified atom stereocenters. The van der Waals surface area contributed by atoms with Crippen LogP contribution in [0.1, 0.15) is 31.5 Å². The lowest BCUT2D eigenvalue weighted by Gasteiger charge is -2.31. The normalized spacial score (nSPS) is 15.2. The lowest BCUT2D eigenvalue weighted by Crippen LogP contribution is -2.47. The summed E-state index contributed by atoms with van der Waals surface area (Å²) in [6, 6.07) is 14.6. The minimum atomic E-state index is -3.73. The summed E-state index contributed by atoms with van der Waals surface area (Å²) in [5, 5.41) is 4.75. The third-order valence-electron chi connectivity index (χ3n) is 6.94. The number of aryl methyl sites for hydroxylation is 1. The van der Waals surface area contributed by atoms with Gasteiger partial charge in [0.2, 0.25) is 10.0 Å². The number of nitrogens with one attached hydrogen (secondary N) is 1. The van der Waals surface area contributed by atoms with E-state index in [1.807, 2.05) is 44.3 Å². The summed E-state index contributed by atoms with van der Waals surface area (Å²) in [5.41, 5.74) is 2.75. The van der Waals surface area contributed by atoms with Gasteiger partial charge in [-0.25, -0.2) is 13.4 Å². The van der Waals surface area contributed by atoms with Crippen LogP contribution in [-0.4, -0.2) is 77.2 Å². The Morgan fingerprint density at radius 3 is 2.46 bits per heavy atom. The second-order valence-corrected chi connectivity index (χ2v) is 11.7. The number of fused-ring (bicyclic) bond motifs is 1. The minimum absolute atomic E-state index is 0.141. The molecule has 2 aromatic carbocycles. The molecule has 0 aliphatic carbocycles. The smallest absolute Gasteiger partial charge is 0.277 e. The van der Waals surface area contributed by atoms with Gasteiger partial charge < -0.3 is 14.6 Å². The molecule has 1 saturated heterocycles. The number of hydrogen-bond donors (Lipinski definition) is 1. The molecule has 39 heavy (non-hydrogen) atoms. The van der Waals surface area contributed by atoms with Gasteiger partial charge in [0.15, 0.2) is 5.52 Å². The molecule has 10 nitrogen and oxygen atoms in total. The third kappa shape index (κ3) is 5.47. The fourth-order valence-corrected chi connectivity index (χ4v) is 6.32. The molecule has 206 valence electrons. The molecule has 0 amide bonds. The highest BCUT2D eigenvalue weighted by Gasteiger charge is 2.29. The standard InChI is InChI=1S/C28H34N6O4S/c1-4-9-23-25-26(34(31-23)19-20-10-7-6-8-11-20)28(35)30-27(29-25)22-18-21(12-13-24(22)38-5-2)39(36,37)33-16-14-32(3)15-17-33/h6-8,10-13,18H,4-5,9,14-17,19H2,1-3H3,(H,29,30,35). The van der Waals surface area contributed by atoms with E-state index < -0.39 is 10.0 Å². The summed E-state index contributed by atoms with van der Waals surface area (Å²) in [5.74, 6) is 0.703. The number of likely N-dealkylation sites (N-methyl/N-ethyl adjacent to an activating group) is 1. The number of benzene rings is 2. The van der Waals surface area contributed by atoms with Crippen LogP contribution in [0.15, 0.2) is 58.2 Å². The largest absolute Gasteiger partial charge is 0.493 e. The Kier molecular flexibility index (Phi) is 7.83. The fourth-order valence-electron chi connectivity index (χ4n) is 4.87. The Bertz CT molecular complexity index is 1620. The first-order chi connectivity index (χ1) is 18.8. The molecule has 5 rings (SSSR count). The van der Waals surface area contributed by atoms with E-state index in [1.165, 1.54) is 4.31 Å². The van der Waals surface area contributed by atoms with Crippen molar-refractivity contribution >= 4 is 21.1 Å². The van der Waals surface area contributed by atoms with E-state index in [-0.39, 0.29) is 16.3 Å². The Labute approximate surface area is 228 Å². The molecule has 4 aromatic rings. The van der Waals surface area contributed by atoms with E-state index in [0.29, 0.717) is 68.1 Å². The average molecular weight is 551 g/mol. The molecule has 0 saturated carbocycles. The van der Waals surface area contributed by atoms with Gasteiger partial charge in [-0.3, -0.25) is 9.48 Å². The summed E-state index contributed by atoms with van der Waals surface area (Å²) in [6.07, 6.45) is 1.49. The molecule has 3 heterocycles. The lowest BCUT2D eigenvalue weighted by molar-refractivity contribution is 0.222. The van der Waals surface area contributed by atoms with E-state index in [9.17, 15) is 13.2 Å². The van der Waals surface area contributed by atoms with Gasteiger partial charge in [0.05, 0.1) is 29.3 Å². The number of nitrogens with zero attached hydrogens (tertiary/aromatic N) is 5. The van der Waals surface area contributed by atoms with Crippen molar-refractivity contribution in [3.63, 3.8) is 0 Å². The Morgan fingerprint density at radius 2 is 1.77 bits per heavy atom. The maximum absolute atomic E-state index is 13.5. The maximum atomic E-state index is 13.5. The number of ether oxygens (including phenoxy) is 1. The second-order valence-electron chi connectivity index (χ2n) is 9.75. The molecule has 2 aromatic heterocycles. The molecule has 1 aliphatic heterocycles. The minimum Gasteiger partial charge on any atom is -0.493 e. The highest BCUT2D eigenvalue weighted by atomic mass is 32.2. The van der Waals surface area contributed by atoms with Crippen LogP contribution in [0, 0.1) is 0 Å². The van der Waals surface area contributed by atoms with E-state index >= 15 is 0 Å². The first kappa shape index (κ1) is 27.0. The molecule has 0 bridgehead atoms. The van der Waals surface area contributed by atoms with Gasteiger partial charge in [0.25, 0.3) is 5.56 Å². The number of rotatable bonds is 9. The van der Waals surface area contributed by atoms with Gasteiger partial charge in [-0.2, -0.15) is 9.40 Å². The first-order valence-corrected chi connectivity index (χ1v) is 14.7. The SMILES string of the molecule is CCCc1nn(Cc2ccccc2)c2c(=O)[nH]c(-c3cc(S(=O)(=O)N4CCN(C)CC4)ccc3OCC)nc12. The molecule has 0 radical (unpaired) electrons. The summed E-state index contributed by atoms with van der Waals surface area (Å²) < 4.78 is 36.0. The highest BCUT2D eigenvalue weighted by molar-refractivity contribution is 7.89. The van der Waals surface area contributed by atoms with Gasteiger partial charge in [0.1, 0.15) is 17.1 Å². The van der Waals surface area contributed by atoms with E-state index in [1.54, 1.807) is 22.9 Å². The van der Waals surface area contributed by atoms with Crippen LogP contribution in [0.2, 0.25) is 0 Å². The van der Waals surface area contributed by atoms with Gasteiger partial charge >= 0.3 is 0 Å². The molecule has 1 aliphatic rings. The van der Waals surface area contributed by atoms with Crippen molar-refractivity contribution in [1.82, 2.24) is 29.0 Å². The molecule has 1 N–H and O–H groups in total. The molecule has 0 spiro atoms. The van der Waals surface area contributed by atoms with Crippen molar-refractivity contribution in [3.8, 4) is 17.1 Å². The van der Waals surface area contributed by atoms with Crippen LogP contribution in [0.4, 0.5) is 0 Å². The Balaban J connectivity index is 1.62. The molecule has 11 heteroatoms. The van der Waals surface area contributed by atoms with Crippen molar-refractivity contribution in [2.75, 3.05) is 39.8 Å². The van der Waals surface area contributed by atoms with Gasteiger partial charge in [-0.1, -0.05) is 43.7 Å². The topological polar surface area (TPSA) is 113 Å². The Morgan fingerprint density at radius 1 is 1.03 bits per heavy atom. The monoisotopic (exact) mass is 550 g/mol. The second kappa shape index (κ2) is 11.3. The Hall–Kier alpha value is -3.54. The maximum Gasteiger partial charge on any atom is 0.277 e. The number of H-pyrrole nitrogens is 1. The number of hydrogen-bond acceptors (Lipinski definition) is 7. The van der Waals surface area contributed by atoms with Crippen LogP contribution >= 0.6 is 0 Å². The molecule has 1 fully saturated rings. The van der Waals surface area contributed by atoms with E-state index in [4.69, 9.17) is 14.8 Å². The average Bonchev–Trinajstić information content (AvgIpc) is 3.27. The van der Waals surface area contributed by atoms with Crippen LogP contribution in [0.25, 0.3) is 22.4 Å². The van der Waals surface area contributed by atoms with Crippen LogP contribution in [0.3, 0.4) is 0 Å². The van der Waals surface area contributed by atoms with Crippen molar-refractivity contribution in [1.29, 1.82) is 0 Å². The van der Waals surface area contributed by atoms with E-state index in [0.717, 1.165) is 17.7 Å². The predicted molar refractivity (Wildman–Crippen MR) is 151 cm³/mol. The molecular formula is C28H34N6O4S.